The van der Waals surface area contributed by atoms with Crippen LogP contribution in [0.1, 0.15) is 80.9 Å². The van der Waals surface area contributed by atoms with Crippen molar-refractivity contribution in [3.05, 3.63) is 59.0 Å². The van der Waals surface area contributed by atoms with Gasteiger partial charge in [0.25, 0.3) is 0 Å². The van der Waals surface area contributed by atoms with Gasteiger partial charge in [-0.1, -0.05) is 49.3 Å². The predicted octanol–water partition coefficient (Wildman–Crippen LogP) is 5.25. The van der Waals surface area contributed by atoms with E-state index in [0.717, 1.165) is 25.2 Å². The summed E-state index contributed by atoms with van der Waals surface area (Å²) in [5, 5.41) is 13.2. The van der Waals surface area contributed by atoms with Crippen molar-refractivity contribution in [3.63, 3.8) is 0 Å². The molecule has 2 aromatic rings. The molecule has 3 atom stereocenters. The summed E-state index contributed by atoms with van der Waals surface area (Å²) in [6.07, 6.45) is 10.9. The first-order valence-electron chi connectivity index (χ1n) is 11.1. The first kappa shape index (κ1) is 18.7. The summed E-state index contributed by atoms with van der Waals surface area (Å²) >= 11 is 0. The lowest BCUT2D eigenvalue weighted by molar-refractivity contribution is 0.150. The topological polar surface area (TPSA) is 46.8 Å². The number of nitrogens with zero attached hydrogens (tertiary/aromatic N) is 5. The first-order valence-corrected chi connectivity index (χ1v) is 11.1. The summed E-state index contributed by atoms with van der Waals surface area (Å²) in [4.78, 5) is 2.72. The molecular formula is C24H31N5. The Hall–Kier alpha value is -2.27. The second kappa shape index (κ2) is 7.52. The minimum Gasteiger partial charge on any atom is -0.283 e. The van der Waals surface area contributed by atoms with E-state index in [1.165, 1.54) is 60.1 Å². The lowest BCUT2D eigenvalue weighted by atomic mass is 9.82. The fraction of sp³-hybridized carbons (Fsp3) is 0.542. The Morgan fingerprint density at radius 1 is 1.17 bits per heavy atom. The van der Waals surface area contributed by atoms with Gasteiger partial charge < -0.3 is 0 Å². The zero-order valence-corrected chi connectivity index (χ0v) is 17.6. The third-order valence-electron chi connectivity index (χ3n) is 7.20. The van der Waals surface area contributed by atoms with Crippen LogP contribution in [-0.4, -0.2) is 31.7 Å². The molecular weight excluding hydrogens is 358 g/mol. The van der Waals surface area contributed by atoms with Gasteiger partial charge in [-0.3, -0.25) is 4.90 Å². The van der Waals surface area contributed by atoms with Gasteiger partial charge in [-0.25, -0.2) is 0 Å². The van der Waals surface area contributed by atoms with E-state index in [2.05, 4.69) is 65.1 Å². The van der Waals surface area contributed by atoms with Crippen LogP contribution in [0.25, 0.3) is 5.69 Å². The molecule has 0 amide bonds. The molecule has 5 rings (SSSR count). The van der Waals surface area contributed by atoms with Crippen LogP contribution >= 0.6 is 0 Å². The van der Waals surface area contributed by atoms with Gasteiger partial charge in [0, 0.05) is 6.04 Å². The molecule has 0 radical (unpaired) electrons. The molecule has 5 heteroatoms. The number of para-hydroxylation sites is 1. The molecule has 1 aromatic carbocycles. The molecule has 152 valence electrons. The van der Waals surface area contributed by atoms with Crippen molar-refractivity contribution in [1.82, 2.24) is 25.1 Å². The maximum atomic E-state index is 4.59. The fourth-order valence-electron chi connectivity index (χ4n) is 5.61. The van der Waals surface area contributed by atoms with E-state index in [1.807, 2.05) is 4.68 Å². The van der Waals surface area contributed by atoms with Crippen LogP contribution in [0.5, 0.6) is 0 Å². The molecule has 0 N–H and O–H groups in total. The number of benzene rings is 1. The second-order valence-corrected chi connectivity index (χ2v) is 9.06. The number of fused-ring (bicyclic) bond motifs is 5. The Labute approximate surface area is 173 Å². The summed E-state index contributed by atoms with van der Waals surface area (Å²) in [7, 11) is 0. The van der Waals surface area contributed by atoms with E-state index in [9.17, 15) is 0 Å². The average molecular weight is 390 g/mol. The molecule has 1 fully saturated rings. The number of allylic oxidation sites excluding steroid dienone is 2. The van der Waals surface area contributed by atoms with E-state index in [1.54, 1.807) is 0 Å². The van der Waals surface area contributed by atoms with Gasteiger partial charge in [0.2, 0.25) is 0 Å². The molecule has 0 spiro atoms. The molecule has 0 bridgehead atoms. The van der Waals surface area contributed by atoms with Crippen LogP contribution in [-0.2, 0) is 0 Å². The van der Waals surface area contributed by atoms with Crippen molar-refractivity contribution < 1.29 is 0 Å². The van der Waals surface area contributed by atoms with Crippen LogP contribution in [0.15, 0.2) is 42.0 Å². The van der Waals surface area contributed by atoms with Gasteiger partial charge in [-0.2, -0.15) is 4.68 Å². The van der Waals surface area contributed by atoms with Crippen molar-refractivity contribution in [2.24, 2.45) is 5.92 Å². The van der Waals surface area contributed by atoms with Gasteiger partial charge in [0.1, 0.15) is 0 Å². The van der Waals surface area contributed by atoms with Crippen LogP contribution in [0.4, 0.5) is 0 Å². The third kappa shape index (κ3) is 3.16. The first-order chi connectivity index (χ1) is 14.1. The summed E-state index contributed by atoms with van der Waals surface area (Å²) in [6, 6.07) is 7.26. The van der Waals surface area contributed by atoms with Crippen molar-refractivity contribution >= 4 is 0 Å². The number of aryl methyl sites for hydroxylation is 1. The van der Waals surface area contributed by atoms with E-state index in [4.69, 9.17) is 0 Å². The summed E-state index contributed by atoms with van der Waals surface area (Å²) in [6.45, 7) is 9.66. The summed E-state index contributed by atoms with van der Waals surface area (Å²) in [5.41, 5.74) is 6.64. The van der Waals surface area contributed by atoms with E-state index in [-0.39, 0.29) is 6.04 Å². The quantitative estimate of drug-likeness (QED) is 0.659. The largest absolute Gasteiger partial charge is 0.283 e. The monoisotopic (exact) mass is 389 g/mol. The average Bonchev–Trinajstić information content (AvgIpc) is 3.00. The van der Waals surface area contributed by atoms with Crippen molar-refractivity contribution in [2.45, 2.75) is 70.9 Å². The minimum atomic E-state index is 0.172. The molecule has 5 nitrogen and oxygen atoms in total. The molecule has 29 heavy (non-hydrogen) atoms. The van der Waals surface area contributed by atoms with Crippen LogP contribution in [0, 0.1) is 12.8 Å². The molecule has 3 heterocycles. The van der Waals surface area contributed by atoms with Gasteiger partial charge in [0.15, 0.2) is 5.82 Å². The number of aromatic nitrogens is 4. The Morgan fingerprint density at radius 3 is 2.86 bits per heavy atom. The zero-order chi connectivity index (χ0) is 20.0. The highest BCUT2D eigenvalue weighted by molar-refractivity contribution is 5.51. The van der Waals surface area contributed by atoms with E-state index < -0.39 is 0 Å². The molecule has 3 unspecified atom stereocenters. The molecule has 1 saturated heterocycles. The van der Waals surface area contributed by atoms with Crippen LogP contribution in [0.2, 0.25) is 0 Å². The van der Waals surface area contributed by atoms with E-state index in [0.29, 0.717) is 12.0 Å². The zero-order valence-electron chi connectivity index (χ0n) is 17.6. The maximum Gasteiger partial charge on any atom is 0.178 e. The van der Waals surface area contributed by atoms with Crippen LogP contribution in [0.3, 0.4) is 0 Å². The third-order valence-corrected chi connectivity index (χ3v) is 7.20. The van der Waals surface area contributed by atoms with Gasteiger partial charge in [-0.05, 0) is 85.5 Å². The summed E-state index contributed by atoms with van der Waals surface area (Å²) < 4.78 is 2.04. The van der Waals surface area contributed by atoms with E-state index >= 15 is 0 Å². The highest BCUT2D eigenvalue weighted by Crippen LogP contribution is 2.47. The molecule has 1 aromatic heterocycles. The highest BCUT2D eigenvalue weighted by Gasteiger charge is 2.40. The molecule has 2 aliphatic heterocycles. The maximum absolute atomic E-state index is 4.59. The predicted molar refractivity (Wildman–Crippen MR) is 115 cm³/mol. The standard InChI is InChI=1S/C24H31N5/c1-16(2)18-11-13-19(14-12-18)23-24-25-26-27-29(24)22-17(3)8-7-9-20(22)21-10-5-4-6-15-28(21)23/h7-9,13,18,21,23H,1,4-6,10-12,14-15H2,2-3H3. The Morgan fingerprint density at radius 2 is 2.07 bits per heavy atom. The highest BCUT2D eigenvalue weighted by atomic mass is 15.6. The fourth-order valence-corrected chi connectivity index (χ4v) is 5.61. The number of tetrazole rings is 1. The molecule has 3 aliphatic rings. The minimum absolute atomic E-state index is 0.172. The van der Waals surface area contributed by atoms with Crippen molar-refractivity contribution in [3.8, 4) is 5.69 Å². The molecule has 0 saturated carbocycles. The SMILES string of the molecule is C=C(C)C1CC=C(C2c3nnnn3-c3c(C)cccc3C3CCCCCN32)CC1. The summed E-state index contributed by atoms with van der Waals surface area (Å²) in [5.74, 6) is 1.60. The Balaban J connectivity index is 1.66. The van der Waals surface area contributed by atoms with Crippen LogP contribution < -0.4 is 0 Å². The Kier molecular flexibility index (Phi) is 4.86. The van der Waals surface area contributed by atoms with Gasteiger partial charge >= 0.3 is 0 Å². The number of rotatable bonds is 2. The smallest absolute Gasteiger partial charge is 0.178 e. The van der Waals surface area contributed by atoms with Crippen molar-refractivity contribution in [1.29, 1.82) is 0 Å². The number of hydrogen-bond acceptors (Lipinski definition) is 4. The Bertz CT molecular complexity index is 956. The normalized spacial score (nSPS) is 27.1. The second-order valence-electron chi connectivity index (χ2n) is 9.06. The number of hydrogen-bond donors (Lipinski definition) is 0. The lowest BCUT2D eigenvalue weighted by Gasteiger charge is -2.37. The lowest BCUT2D eigenvalue weighted by Crippen LogP contribution is -2.34. The van der Waals surface area contributed by atoms with Gasteiger partial charge in [0.05, 0.1) is 11.7 Å². The molecule has 1 aliphatic carbocycles. The van der Waals surface area contributed by atoms with Crippen molar-refractivity contribution in [2.75, 3.05) is 6.54 Å². The van der Waals surface area contributed by atoms with Gasteiger partial charge in [-0.15, -0.1) is 5.10 Å².